The van der Waals surface area contributed by atoms with Crippen LogP contribution in [-0.2, 0) is 6.54 Å². The van der Waals surface area contributed by atoms with Crippen molar-refractivity contribution >= 4 is 22.4 Å². The van der Waals surface area contributed by atoms with Crippen molar-refractivity contribution in [3.05, 3.63) is 29.8 Å². The van der Waals surface area contributed by atoms with E-state index in [0.717, 1.165) is 30.8 Å². The lowest BCUT2D eigenvalue weighted by Crippen LogP contribution is -2.05. The van der Waals surface area contributed by atoms with Crippen LogP contribution in [0.1, 0.15) is 16.1 Å². The van der Waals surface area contributed by atoms with Gasteiger partial charge in [0.25, 0.3) is 0 Å². The first-order chi connectivity index (χ1) is 8.25. The number of aryl methyl sites for hydroxylation is 1. The van der Waals surface area contributed by atoms with E-state index in [2.05, 4.69) is 15.3 Å². The first-order valence-corrected chi connectivity index (χ1v) is 5.96. The fourth-order valence-corrected chi connectivity index (χ4v) is 2.01. The van der Waals surface area contributed by atoms with E-state index >= 15 is 0 Å². The second-order valence-corrected chi connectivity index (χ2v) is 4.45. The van der Waals surface area contributed by atoms with Crippen LogP contribution < -0.4 is 5.32 Å². The number of thiazole rings is 1. The summed E-state index contributed by atoms with van der Waals surface area (Å²) in [6.07, 6.45) is 7.72. The molecule has 0 amide bonds. The third-order valence-electron chi connectivity index (χ3n) is 2.14. The van der Waals surface area contributed by atoms with Gasteiger partial charge in [0.05, 0.1) is 12.5 Å². The normalized spacial score (nSPS) is 10.4. The third kappa shape index (κ3) is 3.28. The molecule has 17 heavy (non-hydrogen) atoms. The highest BCUT2D eigenvalue weighted by Crippen LogP contribution is 2.17. The van der Waals surface area contributed by atoms with E-state index in [1.807, 2.05) is 10.8 Å². The van der Waals surface area contributed by atoms with Crippen molar-refractivity contribution in [3.63, 3.8) is 0 Å². The number of hydrogen-bond donors (Lipinski definition) is 2. The van der Waals surface area contributed by atoms with Gasteiger partial charge in [-0.3, -0.25) is 0 Å². The van der Waals surface area contributed by atoms with Crippen LogP contribution in [0.4, 0.5) is 5.13 Å². The number of carbonyl (C=O) groups is 1. The third-order valence-corrected chi connectivity index (χ3v) is 3.09. The molecule has 0 bridgehead atoms. The van der Waals surface area contributed by atoms with Gasteiger partial charge in [-0.2, -0.15) is 0 Å². The number of carboxylic acid groups (broad SMARTS) is 1. The van der Waals surface area contributed by atoms with E-state index < -0.39 is 5.97 Å². The number of nitrogens with zero attached hydrogens (tertiary/aromatic N) is 3. The van der Waals surface area contributed by atoms with Crippen LogP contribution in [0.25, 0.3) is 0 Å². The molecule has 0 aliphatic rings. The summed E-state index contributed by atoms with van der Waals surface area (Å²) in [7, 11) is 0. The SMILES string of the molecule is O=C(O)c1cnc(NCCCn2ccnc2)s1. The van der Waals surface area contributed by atoms with Crippen molar-refractivity contribution in [2.45, 2.75) is 13.0 Å². The molecule has 0 aromatic carbocycles. The summed E-state index contributed by atoms with van der Waals surface area (Å²) in [6.45, 7) is 1.63. The summed E-state index contributed by atoms with van der Waals surface area (Å²) >= 11 is 1.15. The van der Waals surface area contributed by atoms with E-state index in [1.165, 1.54) is 6.20 Å². The lowest BCUT2D eigenvalue weighted by Gasteiger charge is -2.03. The van der Waals surface area contributed by atoms with Crippen LogP contribution in [0.15, 0.2) is 24.9 Å². The molecule has 7 heteroatoms. The van der Waals surface area contributed by atoms with Crippen molar-refractivity contribution in [1.82, 2.24) is 14.5 Å². The van der Waals surface area contributed by atoms with Crippen LogP contribution in [0.2, 0.25) is 0 Å². The molecule has 2 aromatic rings. The van der Waals surface area contributed by atoms with Crippen LogP contribution in [-0.4, -0.2) is 32.2 Å². The molecule has 2 aromatic heterocycles. The minimum Gasteiger partial charge on any atom is -0.477 e. The number of anilines is 1. The Morgan fingerprint density at radius 1 is 1.59 bits per heavy atom. The van der Waals surface area contributed by atoms with E-state index in [1.54, 1.807) is 12.5 Å². The van der Waals surface area contributed by atoms with Crippen molar-refractivity contribution in [2.24, 2.45) is 0 Å². The van der Waals surface area contributed by atoms with Gasteiger partial charge in [0, 0.05) is 25.5 Å². The zero-order valence-corrected chi connectivity index (χ0v) is 9.85. The maximum atomic E-state index is 10.6. The highest BCUT2D eigenvalue weighted by atomic mass is 32.1. The van der Waals surface area contributed by atoms with Crippen LogP contribution >= 0.6 is 11.3 Å². The molecule has 0 saturated carbocycles. The molecule has 90 valence electrons. The Balaban J connectivity index is 1.72. The Hall–Kier alpha value is -1.89. The molecule has 0 atom stereocenters. The monoisotopic (exact) mass is 252 g/mol. The molecular formula is C10H12N4O2S. The molecule has 2 N–H and O–H groups in total. The smallest absolute Gasteiger partial charge is 0.347 e. The number of carboxylic acids is 1. The Bertz CT molecular complexity index is 480. The fourth-order valence-electron chi connectivity index (χ4n) is 1.33. The van der Waals surface area contributed by atoms with E-state index in [4.69, 9.17) is 5.11 Å². The van der Waals surface area contributed by atoms with Crippen molar-refractivity contribution in [3.8, 4) is 0 Å². The highest BCUT2D eigenvalue weighted by molar-refractivity contribution is 7.17. The van der Waals surface area contributed by atoms with Gasteiger partial charge in [0.15, 0.2) is 5.13 Å². The maximum absolute atomic E-state index is 10.6. The summed E-state index contributed by atoms with van der Waals surface area (Å²) < 4.78 is 1.99. The summed E-state index contributed by atoms with van der Waals surface area (Å²) in [5.41, 5.74) is 0. The second-order valence-electron chi connectivity index (χ2n) is 3.42. The molecule has 0 aliphatic carbocycles. The minimum atomic E-state index is -0.936. The zero-order valence-electron chi connectivity index (χ0n) is 9.04. The van der Waals surface area contributed by atoms with Gasteiger partial charge in [0.1, 0.15) is 4.88 Å². The van der Waals surface area contributed by atoms with Crippen molar-refractivity contribution in [1.29, 1.82) is 0 Å². The average molecular weight is 252 g/mol. The number of nitrogens with one attached hydrogen (secondary N) is 1. The highest BCUT2D eigenvalue weighted by Gasteiger charge is 2.07. The van der Waals surface area contributed by atoms with Crippen molar-refractivity contribution in [2.75, 3.05) is 11.9 Å². The van der Waals surface area contributed by atoms with Crippen molar-refractivity contribution < 1.29 is 9.90 Å². The summed E-state index contributed by atoms with van der Waals surface area (Å²) in [5, 5.41) is 12.5. The number of imidazole rings is 1. The Morgan fingerprint density at radius 3 is 3.12 bits per heavy atom. The van der Waals surface area contributed by atoms with Crippen LogP contribution in [0, 0.1) is 0 Å². The zero-order chi connectivity index (χ0) is 12.1. The van der Waals surface area contributed by atoms with Crippen LogP contribution in [0.5, 0.6) is 0 Å². The first kappa shape index (κ1) is 11.6. The number of hydrogen-bond acceptors (Lipinski definition) is 5. The molecule has 2 heterocycles. The predicted molar refractivity (Wildman–Crippen MR) is 64.4 cm³/mol. The first-order valence-electron chi connectivity index (χ1n) is 5.14. The maximum Gasteiger partial charge on any atom is 0.347 e. The summed E-state index contributed by atoms with van der Waals surface area (Å²) in [5.74, 6) is -0.936. The molecule has 2 rings (SSSR count). The molecule has 0 aliphatic heterocycles. The Morgan fingerprint density at radius 2 is 2.47 bits per heavy atom. The quantitative estimate of drug-likeness (QED) is 0.762. The average Bonchev–Trinajstić information content (AvgIpc) is 2.96. The minimum absolute atomic E-state index is 0.252. The Labute approximate surface area is 102 Å². The standard InChI is InChI=1S/C10H12N4O2S/c15-9(16)8-6-13-10(17-8)12-2-1-4-14-5-3-11-7-14/h3,5-7H,1-2,4H2,(H,12,13)(H,15,16). The summed E-state index contributed by atoms with van der Waals surface area (Å²) in [4.78, 5) is 18.8. The van der Waals surface area contributed by atoms with Gasteiger partial charge in [-0.25, -0.2) is 14.8 Å². The van der Waals surface area contributed by atoms with E-state index in [0.29, 0.717) is 5.13 Å². The van der Waals surface area contributed by atoms with Gasteiger partial charge in [-0.15, -0.1) is 0 Å². The summed E-state index contributed by atoms with van der Waals surface area (Å²) in [6, 6.07) is 0. The number of rotatable bonds is 6. The molecule has 0 unspecified atom stereocenters. The van der Waals surface area contributed by atoms with Gasteiger partial charge >= 0.3 is 5.97 Å². The topological polar surface area (TPSA) is 80.0 Å². The number of aromatic nitrogens is 3. The van der Waals surface area contributed by atoms with E-state index in [9.17, 15) is 4.79 Å². The molecule has 0 spiro atoms. The van der Waals surface area contributed by atoms with Gasteiger partial charge in [0.2, 0.25) is 0 Å². The molecule has 6 nitrogen and oxygen atoms in total. The molecule has 0 fully saturated rings. The number of aromatic carboxylic acids is 1. The fraction of sp³-hybridized carbons (Fsp3) is 0.300. The predicted octanol–water partition coefficient (Wildman–Crippen LogP) is 1.54. The molecular weight excluding hydrogens is 240 g/mol. The lowest BCUT2D eigenvalue weighted by atomic mass is 10.4. The van der Waals surface area contributed by atoms with Gasteiger partial charge in [-0.05, 0) is 6.42 Å². The van der Waals surface area contributed by atoms with Crippen LogP contribution in [0.3, 0.4) is 0 Å². The van der Waals surface area contributed by atoms with Gasteiger partial charge < -0.3 is 15.0 Å². The molecule has 0 saturated heterocycles. The Kier molecular flexibility index (Phi) is 3.71. The second kappa shape index (κ2) is 5.44. The van der Waals surface area contributed by atoms with Gasteiger partial charge in [-0.1, -0.05) is 11.3 Å². The molecule has 0 radical (unpaired) electrons. The lowest BCUT2D eigenvalue weighted by molar-refractivity contribution is 0.0702. The largest absolute Gasteiger partial charge is 0.477 e. The van der Waals surface area contributed by atoms with E-state index in [-0.39, 0.29) is 4.88 Å².